The van der Waals surface area contributed by atoms with Crippen LogP contribution in [0.3, 0.4) is 0 Å². The second kappa shape index (κ2) is 7.12. The number of aliphatic hydroxyl groups is 2. The molecule has 4 aliphatic heterocycles. The number of rotatable bonds is 0. The van der Waals surface area contributed by atoms with Gasteiger partial charge in [0.25, 0.3) is 0 Å². The summed E-state index contributed by atoms with van der Waals surface area (Å²) in [5.41, 5.74) is -0.235. The van der Waals surface area contributed by atoms with Gasteiger partial charge in [-0.3, -0.25) is 4.79 Å². The third-order valence-corrected chi connectivity index (χ3v) is 6.21. The molecule has 2 saturated heterocycles. The fourth-order valence-corrected chi connectivity index (χ4v) is 4.64. The van der Waals surface area contributed by atoms with Crippen LogP contribution in [-0.2, 0) is 28.5 Å². The Morgan fingerprint density at radius 1 is 0.867 bits per heavy atom. The highest BCUT2D eigenvalue weighted by atomic mass is 16.8. The van der Waals surface area contributed by atoms with Gasteiger partial charge in [0.1, 0.15) is 36.3 Å². The summed E-state index contributed by atoms with van der Waals surface area (Å²) in [6.45, 7) is 10.6. The number of fused-ring (bicyclic) bond motifs is 5. The summed E-state index contributed by atoms with van der Waals surface area (Å²) in [5, 5.41) is 21.6. The molecule has 0 spiro atoms. The zero-order valence-corrected chi connectivity index (χ0v) is 18.4. The molecule has 0 aromatic heterocycles. The fourth-order valence-electron chi connectivity index (χ4n) is 4.64. The number of hydrogen-bond acceptors (Lipinski definition) is 8. The molecule has 0 aliphatic carbocycles. The summed E-state index contributed by atoms with van der Waals surface area (Å²) in [5.74, 6) is -1.75. The maximum atomic E-state index is 13.6. The van der Waals surface area contributed by atoms with Crippen LogP contribution >= 0.6 is 0 Å². The summed E-state index contributed by atoms with van der Waals surface area (Å²) >= 11 is 0. The monoisotopic (exact) mass is 424 g/mol. The van der Waals surface area contributed by atoms with E-state index < -0.39 is 53.8 Å². The van der Waals surface area contributed by atoms with Crippen LogP contribution < -0.4 is 0 Å². The largest absolute Gasteiger partial charge is 0.481 e. The van der Waals surface area contributed by atoms with E-state index in [9.17, 15) is 15.0 Å². The molecule has 4 rings (SSSR count). The SMILES string of the molecule is CC1=C2O[C@](C)(CC1)C(=O)[C@@H]1OC(C)(C)O[C@H]1[C@H](O)/C=C\[C@@H](O)[C@@H]1OC(C)(C)O[C@@H]21. The molecule has 4 heterocycles. The van der Waals surface area contributed by atoms with Crippen molar-refractivity contribution < 1.29 is 38.7 Å². The summed E-state index contributed by atoms with van der Waals surface area (Å²) in [6.07, 6.45) is -1.62. The maximum absolute atomic E-state index is 13.6. The molecule has 0 aromatic rings. The number of carbonyl (C=O) groups is 1. The van der Waals surface area contributed by atoms with E-state index in [2.05, 4.69) is 0 Å². The van der Waals surface area contributed by atoms with Crippen LogP contribution in [0.1, 0.15) is 54.4 Å². The van der Waals surface area contributed by atoms with Crippen molar-refractivity contribution >= 4 is 5.78 Å². The lowest BCUT2D eigenvalue weighted by molar-refractivity contribution is -0.170. The third-order valence-electron chi connectivity index (χ3n) is 6.21. The minimum absolute atomic E-state index is 0.286. The number of ether oxygens (including phenoxy) is 5. The highest BCUT2D eigenvalue weighted by Gasteiger charge is 2.56. The first-order chi connectivity index (χ1) is 13.8. The average Bonchev–Trinajstić information content (AvgIpc) is 3.15. The zero-order valence-electron chi connectivity index (χ0n) is 18.4. The van der Waals surface area contributed by atoms with Crippen LogP contribution in [-0.4, -0.2) is 69.8 Å². The lowest BCUT2D eigenvalue weighted by Crippen LogP contribution is -2.53. The lowest BCUT2D eigenvalue weighted by atomic mass is 9.83. The van der Waals surface area contributed by atoms with Crippen molar-refractivity contribution in [2.75, 3.05) is 0 Å². The van der Waals surface area contributed by atoms with Crippen molar-refractivity contribution in [3.63, 3.8) is 0 Å². The van der Waals surface area contributed by atoms with Gasteiger partial charge in [-0.25, -0.2) is 0 Å². The number of carbonyl (C=O) groups excluding carboxylic acids is 1. The van der Waals surface area contributed by atoms with E-state index in [4.69, 9.17) is 23.7 Å². The summed E-state index contributed by atoms with van der Waals surface area (Å²) in [6, 6.07) is 0. The minimum Gasteiger partial charge on any atom is -0.481 e. The third kappa shape index (κ3) is 3.74. The van der Waals surface area contributed by atoms with Crippen LogP contribution in [0.5, 0.6) is 0 Å². The second-order valence-corrected chi connectivity index (χ2v) is 9.75. The first-order valence-corrected chi connectivity index (χ1v) is 10.5. The fraction of sp³-hybridized carbons (Fsp3) is 0.773. The number of hydrogen-bond donors (Lipinski definition) is 2. The van der Waals surface area contributed by atoms with E-state index in [-0.39, 0.29) is 5.78 Å². The van der Waals surface area contributed by atoms with Gasteiger partial charge in [-0.1, -0.05) is 12.2 Å². The molecule has 0 radical (unpaired) electrons. The van der Waals surface area contributed by atoms with E-state index in [1.165, 1.54) is 12.2 Å². The summed E-state index contributed by atoms with van der Waals surface area (Å²) in [7, 11) is 0. The molecule has 2 bridgehead atoms. The van der Waals surface area contributed by atoms with Crippen LogP contribution in [0.2, 0.25) is 0 Å². The quantitative estimate of drug-likeness (QED) is 0.567. The normalized spacial score (nSPS) is 46.3. The number of ketones is 1. The predicted molar refractivity (Wildman–Crippen MR) is 105 cm³/mol. The molecule has 0 saturated carbocycles. The van der Waals surface area contributed by atoms with Gasteiger partial charge in [0.05, 0.1) is 0 Å². The first kappa shape index (κ1) is 21.9. The molecule has 2 N–H and O–H groups in total. The van der Waals surface area contributed by atoms with Gasteiger partial charge >= 0.3 is 0 Å². The van der Waals surface area contributed by atoms with Crippen molar-refractivity contribution in [2.24, 2.45) is 0 Å². The van der Waals surface area contributed by atoms with Crippen LogP contribution in [0, 0.1) is 0 Å². The summed E-state index contributed by atoms with van der Waals surface area (Å²) in [4.78, 5) is 13.6. The van der Waals surface area contributed by atoms with Crippen molar-refractivity contribution in [1.82, 2.24) is 0 Å². The lowest BCUT2D eigenvalue weighted by Gasteiger charge is -2.40. The average molecular weight is 424 g/mol. The van der Waals surface area contributed by atoms with Gasteiger partial charge in [0, 0.05) is 0 Å². The Morgan fingerprint density at radius 3 is 1.93 bits per heavy atom. The van der Waals surface area contributed by atoms with Crippen molar-refractivity contribution in [2.45, 2.75) is 108 Å². The smallest absolute Gasteiger partial charge is 0.207 e. The topological polar surface area (TPSA) is 104 Å². The maximum Gasteiger partial charge on any atom is 0.207 e. The minimum atomic E-state index is -1.18. The standard InChI is InChI=1S/C22H32O8/c1-11-9-10-22(6)19(25)18-16(27-21(4,5)29-18)13(24)8-7-12(23)15-17(14(11)30-22)28-20(2,3)26-15/h7-8,12-13,15-18,23-24H,9-10H2,1-6H3/b8-7-/t12-,13-,15+,16+,17+,18-,22-/m1/s1. The van der Waals surface area contributed by atoms with Crippen molar-refractivity contribution in [3.8, 4) is 0 Å². The van der Waals surface area contributed by atoms with Crippen molar-refractivity contribution in [1.29, 1.82) is 0 Å². The number of Topliss-reactive ketones (excluding diaryl/α,β-unsaturated/α-hetero) is 1. The van der Waals surface area contributed by atoms with Crippen LogP contribution in [0.25, 0.3) is 0 Å². The Bertz CT molecular complexity index is 784. The highest BCUT2D eigenvalue weighted by molar-refractivity contribution is 5.92. The van der Waals surface area contributed by atoms with Gasteiger partial charge in [0.2, 0.25) is 5.78 Å². The van der Waals surface area contributed by atoms with E-state index in [0.717, 1.165) is 5.57 Å². The molecule has 4 aliphatic rings. The van der Waals surface area contributed by atoms with E-state index in [0.29, 0.717) is 18.6 Å². The van der Waals surface area contributed by atoms with Crippen LogP contribution in [0.15, 0.2) is 23.5 Å². The molecular weight excluding hydrogens is 392 g/mol. The molecule has 0 aromatic carbocycles. The number of allylic oxidation sites excluding steroid dienone is 1. The van der Waals surface area contributed by atoms with E-state index in [1.54, 1.807) is 34.6 Å². The predicted octanol–water partition coefficient (Wildman–Crippen LogP) is 1.73. The van der Waals surface area contributed by atoms with Gasteiger partial charge in [-0.15, -0.1) is 0 Å². The Balaban J connectivity index is 1.80. The van der Waals surface area contributed by atoms with Crippen LogP contribution in [0.4, 0.5) is 0 Å². The molecule has 0 amide bonds. The van der Waals surface area contributed by atoms with E-state index >= 15 is 0 Å². The zero-order chi connectivity index (χ0) is 22.1. The Kier molecular flexibility index (Phi) is 5.20. The molecule has 168 valence electrons. The summed E-state index contributed by atoms with van der Waals surface area (Å²) < 4.78 is 30.1. The first-order valence-electron chi connectivity index (χ1n) is 10.5. The molecule has 7 atom stereocenters. The molecular formula is C22H32O8. The van der Waals surface area contributed by atoms with Gasteiger partial charge in [0.15, 0.2) is 23.3 Å². The van der Waals surface area contributed by atoms with Gasteiger partial charge < -0.3 is 33.9 Å². The Morgan fingerprint density at radius 2 is 1.37 bits per heavy atom. The van der Waals surface area contributed by atoms with Gasteiger partial charge in [-0.05, 0) is 60.0 Å². The van der Waals surface area contributed by atoms with Gasteiger partial charge in [-0.2, -0.15) is 0 Å². The molecule has 30 heavy (non-hydrogen) atoms. The molecule has 2 fully saturated rings. The highest BCUT2D eigenvalue weighted by Crippen LogP contribution is 2.43. The Labute approximate surface area is 176 Å². The molecule has 8 nitrogen and oxygen atoms in total. The molecule has 0 unspecified atom stereocenters. The van der Waals surface area contributed by atoms with Crippen molar-refractivity contribution in [3.05, 3.63) is 23.5 Å². The number of aliphatic hydroxyl groups excluding tert-OH is 2. The Hall–Kier alpha value is -1.29. The molecule has 8 heteroatoms. The second-order valence-electron chi connectivity index (χ2n) is 9.75. The van der Waals surface area contributed by atoms with E-state index in [1.807, 2.05) is 6.92 Å².